The van der Waals surface area contributed by atoms with E-state index in [9.17, 15) is 14.9 Å². The smallest absolute Gasteiger partial charge is 0.434 e. The third-order valence-corrected chi connectivity index (χ3v) is 2.65. The molecule has 0 radical (unpaired) electrons. The van der Waals surface area contributed by atoms with Crippen LogP contribution in [0.2, 0.25) is 0 Å². The van der Waals surface area contributed by atoms with E-state index in [1.807, 2.05) is 6.92 Å². The van der Waals surface area contributed by atoms with Crippen molar-refractivity contribution >= 4 is 11.9 Å². The molecule has 94 valence electrons. The van der Waals surface area contributed by atoms with Crippen LogP contribution in [0.1, 0.15) is 26.2 Å². The highest BCUT2D eigenvalue weighted by Crippen LogP contribution is 2.14. The molecule has 0 saturated carbocycles. The van der Waals surface area contributed by atoms with Crippen LogP contribution in [-0.4, -0.2) is 25.6 Å². The zero-order valence-electron chi connectivity index (χ0n) is 9.57. The van der Waals surface area contributed by atoms with E-state index in [2.05, 4.69) is 4.98 Å². The molecule has 0 unspecified atom stereocenters. The number of nitrogens with zero attached hydrogens (tertiary/aromatic N) is 3. The molecule has 7 nitrogen and oxygen atoms in total. The Kier molecular flexibility index (Phi) is 4.62. The Bertz CT molecular complexity index is 402. The third-order valence-electron chi connectivity index (χ3n) is 2.65. The summed E-state index contributed by atoms with van der Waals surface area (Å²) < 4.78 is 1.43. The molecule has 17 heavy (non-hydrogen) atoms. The Morgan fingerprint density at radius 1 is 1.71 bits per heavy atom. The van der Waals surface area contributed by atoms with E-state index in [4.69, 9.17) is 5.11 Å². The molecular formula is C10H15N3O4. The summed E-state index contributed by atoms with van der Waals surface area (Å²) in [6.07, 6.45) is 4.57. The highest BCUT2D eigenvalue weighted by Gasteiger charge is 2.17. The summed E-state index contributed by atoms with van der Waals surface area (Å²) in [6.45, 7) is 2.23. The summed E-state index contributed by atoms with van der Waals surface area (Å²) in [5, 5.41) is 19.4. The predicted octanol–water partition coefficient (Wildman–Crippen LogP) is 1.68. The molecule has 0 aliphatic rings. The Morgan fingerprint density at radius 2 is 2.41 bits per heavy atom. The van der Waals surface area contributed by atoms with Gasteiger partial charge in [0.1, 0.15) is 12.4 Å². The first-order valence-corrected chi connectivity index (χ1v) is 5.44. The Balaban J connectivity index is 2.48. The van der Waals surface area contributed by atoms with E-state index in [-0.39, 0.29) is 11.9 Å². The number of aromatic nitrogens is 2. The number of hydrogen-bond acceptors (Lipinski definition) is 4. The quantitative estimate of drug-likeness (QED) is 0.578. The first-order chi connectivity index (χ1) is 8.06. The molecule has 1 aromatic rings. The van der Waals surface area contributed by atoms with Gasteiger partial charge in [-0.15, -0.1) is 0 Å². The van der Waals surface area contributed by atoms with Crippen molar-refractivity contribution in [3.8, 4) is 0 Å². The van der Waals surface area contributed by atoms with Crippen molar-refractivity contribution in [1.29, 1.82) is 0 Å². The highest BCUT2D eigenvalue weighted by molar-refractivity contribution is 5.69. The fourth-order valence-electron chi connectivity index (χ4n) is 1.66. The van der Waals surface area contributed by atoms with Crippen molar-refractivity contribution in [2.45, 2.75) is 32.7 Å². The van der Waals surface area contributed by atoms with Gasteiger partial charge in [-0.25, -0.2) is 4.57 Å². The standard InChI is InChI=1S/C10H15N3O4/c1-2-8(9(14)15)4-3-6-12-7-5-11-10(12)13(16)17/h5,7-8H,2-4,6H2,1H3,(H,14,15)/t8-/m1/s1. The minimum atomic E-state index is -0.812. The van der Waals surface area contributed by atoms with Crippen LogP contribution < -0.4 is 0 Å². The van der Waals surface area contributed by atoms with Crippen LogP contribution in [0.4, 0.5) is 5.95 Å². The molecule has 0 aliphatic carbocycles. The van der Waals surface area contributed by atoms with Crippen LogP contribution in [-0.2, 0) is 11.3 Å². The average molecular weight is 241 g/mol. The summed E-state index contributed by atoms with van der Waals surface area (Å²) >= 11 is 0. The number of aryl methyl sites for hydroxylation is 1. The molecule has 0 spiro atoms. The lowest BCUT2D eigenvalue weighted by Gasteiger charge is -2.08. The van der Waals surface area contributed by atoms with Gasteiger partial charge >= 0.3 is 11.9 Å². The van der Waals surface area contributed by atoms with Crippen molar-refractivity contribution < 1.29 is 14.8 Å². The molecule has 0 saturated heterocycles. The van der Waals surface area contributed by atoms with Gasteiger partial charge in [0.2, 0.25) is 0 Å². The molecule has 1 aromatic heterocycles. The number of imidazole rings is 1. The highest BCUT2D eigenvalue weighted by atomic mass is 16.6. The normalized spacial score (nSPS) is 12.3. The van der Waals surface area contributed by atoms with E-state index in [1.54, 1.807) is 0 Å². The molecule has 7 heteroatoms. The maximum Gasteiger partial charge on any atom is 0.434 e. The summed E-state index contributed by atoms with van der Waals surface area (Å²) in [6, 6.07) is 0. The molecule has 0 bridgehead atoms. The topological polar surface area (TPSA) is 98.3 Å². The van der Waals surface area contributed by atoms with E-state index in [1.165, 1.54) is 17.0 Å². The third kappa shape index (κ3) is 3.54. The maximum atomic E-state index is 10.8. The average Bonchev–Trinajstić information content (AvgIpc) is 2.72. The zero-order valence-corrected chi connectivity index (χ0v) is 9.57. The Morgan fingerprint density at radius 3 is 2.94 bits per heavy atom. The largest absolute Gasteiger partial charge is 0.481 e. The van der Waals surface area contributed by atoms with Crippen molar-refractivity contribution in [3.63, 3.8) is 0 Å². The number of carbonyl (C=O) groups is 1. The van der Waals surface area contributed by atoms with Crippen molar-refractivity contribution in [1.82, 2.24) is 9.55 Å². The van der Waals surface area contributed by atoms with Crippen LogP contribution in [0, 0.1) is 16.0 Å². The van der Waals surface area contributed by atoms with Gasteiger partial charge in [0, 0.05) is 0 Å². The first kappa shape index (κ1) is 13.1. The fraction of sp³-hybridized carbons (Fsp3) is 0.600. The minimum Gasteiger partial charge on any atom is -0.481 e. The van der Waals surface area contributed by atoms with Gasteiger partial charge in [-0.2, -0.15) is 0 Å². The van der Waals surface area contributed by atoms with Gasteiger partial charge in [0.25, 0.3) is 0 Å². The van der Waals surface area contributed by atoms with Crippen LogP contribution in [0.3, 0.4) is 0 Å². The van der Waals surface area contributed by atoms with Gasteiger partial charge in [-0.1, -0.05) is 11.9 Å². The van der Waals surface area contributed by atoms with Gasteiger partial charge in [0.05, 0.1) is 12.5 Å². The lowest BCUT2D eigenvalue weighted by molar-refractivity contribution is -0.396. The summed E-state index contributed by atoms with van der Waals surface area (Å²) in [5.74, 6) is -1.39. The van der Waals surface area contributed by atoms with E-state index < -0.39 is 10.9 Å². The number of hydrogen-bond donors (Lipinski definition) is 1. The Hall–Kier alpha value is -1.92. The number of nitro groups is 1. The zero-order chi connectivity index (χ0) is 12.8. The predicted molar refractivity (Wildman–Crippen MR) is 59.5 cm³/mol. The second kappa shape index (κ2) is 5.97. The second-order valence-corrected chi connectivity index (χ2v) is 3.76. The molecule has 0 aromatic carbocycles. The van der Waals surface area contributed by atoms with E-state index >= 15 is 0 Å². The van der Waals surface area contributed by atoms with Crippen LogP contribution >= 0.6 is 0 Å². The fourth-order valence-corrected chi connectivity index (χ4v) is 1.66. The van der Waals surface area contributed by atoms with Crippen molar-refractivity contribution in [2.75, 3.05) is 0 Å². The molecule has 1 atom stereocenters. The number of carboxylic acids is 1. The van der Waals surface area contributed by atoms with Gasteiger partial charge in [-0.05, 0) is 24.2 Å². The summed E-state index contributed by atoms with van der Waals surface area (Å²) in [7, 11) is 0. The van der Waals surface area contributed by atoms with Gasteiger partial charge in [-0.3, -0.25) is 4.79 Å². The number of carboxylic acid groups (broad SMARTS) is 1. The molecular weight excluding hydrogens is 226 g/mol. The molecule has 0 fully saturated rings. The number of rotatable bonds is 7. The molecule has 1 N–H and O–H groups in total. The van der Waals surface area contributed by atoms with Crippen LogP contribution in [0.5, 0.6) is 0 Å². The summed E-state index contributed by atoms with van der Waals surface area (Å²) in [5.41, 5.74) is 0. The van der Waals surface area contributed by atoms with E-state index in [0.717, 1.165) is 0 Å². The second-order valence-electron chi connectivity index (χ2n) is 3.76. The van der Waals surface area contributed by atoms with Crippen LogP contribution in [0.25, 0.3) is 0 Å². The summed E-state index contributed by atoms with van der Waals surface area (Å²) in [4.78, 5) is 24.4. The lowest BCUT2D eigenvalue weighted by Crippen LogP contribution is -2.13. The maximum absolute atomic E-state index is 10.8. The first-order valence-electron chi connectivity index (χ1n) is 5.44. The van der Waals surface area contributed by atoms with Crippen molar-refractivity contribution in [3.05, 3.63) is 22.5 Å². The molecule has 0 amide bonds. The minimum absolute atomic E-state index is 0.201. The molecule has 1 heterocycles. The van der Waals surface area contributed by atoms with Gasteiger partial charge < -0.3 is 15.2 Å². The van der Waals surface area contributed by atoms with Crippen LogP contribution in [0.15, 0.2) is 12.4 Å². The Labute approximate surface area is 98.2 Å². The number of aliphatic carboxylic acids is 1. The molecule has 0 aliphatic heterocycles. The molecule has 1 rings (SSSR count). The van der Waals surface area contributed by atoms with Gasteiger partial charge in [0.15, 0.2) is 0 Å². The SMILES string of the molecule is CC[C@H](CCCn1ccnc1[N+](=O)[O-])C(=O)O. The monoisotopic (exact) mass is 241 g/mol. The lowest BCUT2D eigenvalue weighted by atomic mass is 10.0. The van der Waals surface area contributed by atoms with Crippen molar-refractivity contribution in [2.24, 2.45) is 5.92 Å². The van der Waals surface area contributed by atoms with E-state index in [0.29, 0.717) is 25.8 Å².